The third kappa shape index (κ3) is 4.16. The Morgan fingerprint density at radius 1 is 1.14 bits per heavy atom. The summed E-state index contributed by atoms with van der Waals surface area (Å²) in [5.74, 6) is -1.07. The molecule has 1 unspecified atom stereocenters. The Kier molecular flexibility index (Phi) is 4.95. The molecule has 0 aliphatic carbocycles. The molecule has 0 saturated heterocycles. The van der Waals surface area contributed by atoms with Gasteiger partial charge in [0.2, 0.25) is 10.0 Å². The van der Waals surface area contributed by atoms with Gasteiger partial charge in [-0.25, -0.2) is 13.1 Å². The molecule has 0 aromatic heterocycles. The standard InChI is InChI=1S/C16H17NO4S/c1-12-6-5-9-14(10-12)22(20,21)17-15(11-16(18)19)13-7-3-2-4-8-13/h2-10,15,17H,11H2,1H3,(H,18,19). The van der Waals surface area contributed by atoms with Crippen molar-refractivity contribution in [3.63, 3.8) is 0 Å². The van der Waals surface area contributed by atoms with Crippen LogP contribution in [0.2, 0.25) is 0 Å². The van der Waals surface area contributed by atoms with E-state index < -0.39 is 22.0 Å². The van der Waals surface area contributed by atoms with Gasteiger partial charge in [-0.05, 0) is 30.2 Å². The van der Waals surface area contributed by atoms with Crippen LogP contribution < -0.4 is 4.72 Å². The number of aliphatic carboxylic acids is 1. The Morgan fingerprint density at radius 3 is 2.41 bits per heavy atom. The van der Waals surface area contributed by atoms with E-state index in [0.717, 1.165) is 5.56 Å². The molecule has 0 aliphatic rings. The molecule has 116 valence electrons. The van der Waals surface area contributed by atoms with Crippen molar-refractivity contribution in [3.8, 4) is 0 Å². The van der Waals surface area contributed by atoms with Crippen LogP contribution in [0.4, 0.5) is 0 Å². The summed E-state index contributed by atoms with van der Waals surface area (Å²) in [4.78, 5) is 11.1. The van der Waals surface area contributed by atoms with Gasteiger partial charge in [0.1, 0.15) is 0 Å². The fraction of sp³-hybridized carbons (Fsp3) is 0.188. The van der Waals surface area contributed by atoms with Gasteiger partial charge < -0.3 is 5.11 Å². The quantitative estimate of drug-likeness (QED) is 0.857. The molecule has 0 spiro atoms. The van der Waals surface area contributed by atoms with Crippen LogP contribution in [0.15, 0.2) is 59.5 Å². The molecule has 2 rings (SSSR count). The summed E-state index contributed by atoms with van der Waals surface area (Å²) in [7, 11) is -3.79. The average molecular weight is 319 g/mol. The van der Waals surface area contributed by atoms with E-state index >= 15 is 0 Å². The van der Waals surface area contributed by atoms with Crippen LogP contribution in [0.25, 0.3) is 0 Å². The van der Waals surface area contributed by atoms with Gasteiger partial charge in [-0.15, -0.1) is 0 Å². The first kappa shape index (κ1) is 16.2. The molecule has 2 aromatic rings. The fourth-order valence-electron chi connectivity index (χ4n) is 2.13. The summed E-state index contributed by atoms with van der Waals surface area (Å²) in [5.41, 5.74) is 1.43. The van der Waals surface area contributed by atoms with E-state index in [2.05, 4.69) is 4.72 Å². The van der Waals surface area contributed by atoms with Crippen molar-refractivity contribution >= 4 is 16.0 Å². The van der Waals surface area contributed by atoms with Crippen molar-refractivity contribution in [2.75, 3.05) is 0 Å². The molecule has 0 radical (unpaired) electrons. The SMILES string of the molecule is Cc1cccc(S(=O)(=O)NC(CC(=O)O)c2ccccc2)c1. The molecule has 0 bridgehead atoms. The van der Waals surface area contributed by atoms with Crippen LogP contribution in [-0.2, 0) is 14.8 Å². The number of hydrogen-bond acceptors (Lipinski definition) is 3. The van der Waals surface area contributed by atoms with Crippen LogP contribution in [-0.4, -0.2) is 19.5 Å². The van der Waals surface area contributed by atoms with Crippen molar-refractivity contribution < 1.29 is 18.3 Å². The summed E-state index contributed by atoms with van der Waals surface area (Å²) in [5, 5.41) is 9.02. The van der Waals surface area contributed by atoms with Gasteiger partial charge in [-0.2, -0.15) is 0 Å². The number of hydrogen-bond donors (Lipinski definition) is 2. The van der Waals surface area contributed by atoms with Crippen LogP contribution in [0.1, 0.15) is 23.6 Å². The summed E-state index contributed by atoms with van der Waals surface area (Å²) in [6, 6.07) is 14.3. The third-order valence-corrected chi connectivity index (χ3v) is 4.65. The summed E-state index contributed by atoms with van der Waals surface area (Å²) >= 11 is 0. The van der Waals surface area contributed by atoms with Gasteiger partial charge in [-0.3, -0.25) is 4.79 Å². The van der Waals surface area contributed by atoms with Gasteiger partial charge in [0.25, 0.3) is 0 Å². The van der Waals surface area contributed by atoms with Gasteiger partial charge in [0.15, 0.2) is 0 Å². The minimum absolute atomic E-state index is 0.124. The first-order chi connectivity index (χ1) is 10.4. The molecule has 2 aromatic carbocycles. The van der Waals surface area contributed by atoms with E-state index in [1.165, 1.54) is 6.07 Å². The molecule has 0 aliphatic heterocycles. The highest BCUT2D eigenvalue weighted by Gasteiger charge is 2.23. The van der Waals surface area contributed by atoms with Gasteiger partial charge in [-0.1, -0.05) is 42.5 Å². The number of carbonyl (C=O) groups is 1. The molecule has 2 N–H and O–H groups in total. The molecule has 1 atom stereocenters. The monoisotopic (exact) mass is 319 g/mol. The topological polar surface area (TPSA) is 83.5 Å². The number of nitrogens with one attached hydrogen (secondary N) is 1. The second kappa shape index (κ2) is 6.72. The zero-order chi connectivity index (χ0) is 16.2. The van der Waals surface area contributed by atoms with Crippen molar-refractivity contribution in [3.05, 3.63) is 65.7 Å². The molecule has 0 heterocycles. The maximum atomic E-state index is 12.4. The van der Waals surface area contributed by atoms with Gasteiger partial charge in [0.05, 0.1) is 17.4 Å². The third-order valence-electron chi connectivity index (χ3n) is 3.18. The van der Waals surface area contributed by atoms with Crippen molar-refractivity contribution in [2.24, 2.45) is 0 Å². The first-order valence-corrected chi connectivity index (χ1v) is 8.22. The lowest BCUT2D eigenvalue weighted by Gasteiger charge is -2.17. The lowest BCUT2D eigenvalue weighted by Crippen LogP contribution is -2.30. The zero-order valence-electron chi connectivity index (χ0n) is 12.1. The Bertz CT molecular complexity index is 757. The highest BCUT2D eigenvalue weighted by Crippen LogP contribution is 2.20. The number of sulfonamides is 1. The molecule has 22 heavy (non-hydrogen) atoms. The van der Waals surface area contributed by atoms with E-state index in [4.69, 9.17) is 5.11 Å². The predicted molar refractivity (Wildman–Crippen MR) is 82.9 cm³/mol. The largest absolute Gasteiger partial charge is 0.481 e. The predicted octanol–water partition coefficient (Wildman–Crippen LogP) is 2.49. The molecule has 5 nitrogen and oxygen atoms in total. The highest BCUT2D eigenvalue weighted by molar-refractivity contribution is 7.89. The van der Waals surface area contributed by atoms with Gasteiger partial charge >= 0.3 is 5.97 Å². The smallest absolute Gasteiger partial charge is 0.305 e. The number of carboxylic acid groups (broad SMARTS) is 1. The number of benzene rings is 2. The zero-order valence-corrected chi connectivity index (χ0v) is 12.9. The van der Waals surface area contributed by atoms with E-state index in [0.29, 0.717) is 5.56 Å². The average Bonchev–Trinajstić information content (AvgIpc) is 2.47. The Balaban J connectivity index is 2.32. The second-order valence-corrected chi connectivity index (χ2v) is 6.71. The molecular formula is C16H17NO4S. The lowest BCUT2D eigenvalue weighted by atomic mass is 10.1. The molecular weight excluding hydrogens is 302 g/mol. The Labute approximate surface area is 129 Å². The Morgan fingerprint density at radius 2 is 1.82 bits per heavy atom. The van der Waals surface area contributed by atoms with E-state index in [1.807, 2.05) is 0 Å². The van der Waals surface area contributed by atoms with Crippen LogP contribution in [0, 0.1) is 6.92 Å². The molecule has 6 heteroatoms. The Hall–Kier alpha value is -2.18. The van der Waals surface area contributed by atoms with Crippen LogP contribution >= 0.6 is 0 Å². The summed E-state index contributed by atoms with van der Waals surface area (Å²) < 4.78 is 27.4. The van der Waals surface area contributed by atoms with Crippen LogP contribution in [0.3, 0.4) is 0 Å². The maximum absolute atomic E-state index is 12.4. The van der Waals surface area contributed by atoms with E-state index in [-0.39, 0.29) is 11.3 Å². The minimum atomic E-state index is -3.79. The van der Waals surface area contributed by atoms with Crippen LogP contribution in [0.5, 0.6) is 0 Å². The number of aryl methyl sites for hydroxylation is 1. The molecule has 0 amide bonds. The molecule has 0 saturated carbocycles. The van der Waals surface area contributed by atoms with Crippen molar-refractivity contribution in [1.82, 2.24) is 4.72 Å². The number of rotatable bonds is 6. The molecule has 0 fully saturated rings. The minimum Gasteiger partial charge on any atom is -0.481 e. The van der Waals surface area contributed by atoms with Gasteiger partial charge in [0, 0.05) is 0 Å². The second-order valence-electron chi connectivity index (χ2n) is 5.00. The summed E-state index contributed by atoms with van der Waals surface area (Å²) in [6.45, 7) is 1.80. The maximum Gasteiger partial charge on any atom is 0.305 e. The van der Waals surface area contributed by atoms with Crippen molar-refractivity contribution in [1.29, 1.82) is 0 Å². The van der Waals surface area contributed by atoms with E-state index in [1.54, 1.807) is 55.5 Å². The normalized spacial score (nSPS) is 12.8. The van der Waals surface area contributed by atoms with Crippen molar-refractivity contribution in [2.45, 2.75) is 24.3 Å². The fourth-order valence-corrected chi connectivity index (χ4v) is 3.45. The first-order valence-electron chi connectivity index (χ1n) is 6.74. The highest BCUT2D eigenvalue weighted by atomic mass is 32.2. The van der Waals surface area contributed by atoms with E-state index in [9.17, 15) is 13.2 Å². The number of carboxylic acids is 1. The lowest BCUT2D eigenvalue weighted by molar-refractivity contribution is -0.137. The summed E-state index contributed by atoms with van der Waals surface area (Å²) in [6.07, 6.45) is -0.324.